The highest BCUT2D eigenvalue weighted by Crippen LogP contribution is 2.25. The molecule has 0 saturated heterocycles. The second kappa shape index (κ2) is 6.00. The average Bonchev–Trinajstić information content (AvgIpc) is 2.23. The van der Waals surface area contributed by atoms with Gasteiger partial charge in [0.25, 0.3) is 6.43 Å². The Morgan fingerprint density at radius 3 is 2.76 bits per heavy atom. The average molecular weight is 312 g/mol. The molecule has 17 heavy (non-hydrogen) atoms. The number of carbonyl (C=O) groups is 1. The lowest BCUT2D eigenvalue weighted by Gasteiger charge is -2.08. The van der Waals surface area contributed by atoms with Crippen LogP contribution in [0.4, 0.5) is 13.2 Å². The van der Waals surface area contributed by atoms with Gasteiger partial charge in [0.2, 0.25) is 5.95 Å². The first-order chi connectivity index (χ1) is 7.95. The van der Waals surface area contributed by atoms with Crippen molar-refractivity contribution in [3.05, 3.63) is 27.7 Å². The minimum absolute atomic E-state index is 0.0493. The monoisotopic (exact) mass is 311 g/mol. The molecule has 1 rings (SSSR count). The van der Waals surface area contributed by atoms with Crippen LogP contribution in [-0.2, 0) is 16.0 Å². The number of alkyl halides is 2. The predicted octanol–water partition coefficient (Wildman–Crippen LogP) is 3.03. The van der Waals surface area contributed by atoms with Crippen molar-refractivity contribution in [2.24, 2.45) is 0 Å². The Kier molecular flexibility index (Phi) is 4.92. The third-order valence-electron chi connectivity index (χ3n) is 1.89. The van der Waals surface area contributed by atoms with Crippen LogP contribution >= 0.6 is 15.9 Å². The van der Waals surface area contributed by atoms with Gasteiger partial charge >= 0.3 is 5.97 Å². The van der Waals surface area contributed by atoms with E-state index in [0.29, 0.717) is 0 Å². The number of ether oxygens (including phenoxy) is 1. The molecule has 0 spiro atoms. The number of halogens is 4. The number of carbonyl (C=O) groups excluding carboxylic acids is 1. The van der Waals surface area contributed by atoms with E-state index in [1.54, 1.807) is 6.92 Å². The van der Waals surface area contributed by atoms with Crippen LogP contribution in [0.15, 0.2) is 10.5 Å². The Morgan fingerprint density at radius 1 is 1.59 bits per heavy atom. The molecule has 7 heteroatoms. The van der Waals surface area contributed by atoms with Crippen molar-refractivity contribution in [1.29, 1.82) is 0 Å². The van der Waals surface area contributed by atoms with Gasteiger partial charge in [-0.05, 0) is 34.5 Å². The summed E-state index contributed by atoms with van der Waals surface area (Å²) in [5, 5.41) is 0. The maximum atomic E-state index is 13.0. The molecule has 1 aromatic heterocycles. The third kappa shape index (κ3) is 3.69. The smallest absolute Gasteiger partial charge is 0.310 e. The lowest BCUT2D eigenvalue weighted by molar-refractivity contribution is -0.142. The standard InChI is InChI=1S/C10H9BrF3NO2/c1-2-17-7(16)4-5-3-6(11)10(14)15-8(5)9(12)13/h3,9H,2,4H2,1H3. The van der Waals surface area contributed by atoms with E-state index < -0.39 is 24.0 Å². The van der Waals surface area contributed by atoms with Crippen LogP contribution in [0.2, 0.25) is 0 Å². The molecule has 0 atom stereocenters. The number of nitrogens with zero attached hydrogens (tertiary/aromatic N) is 1. The Labute approximate surface area is 104 Å². The van der Waals surface area contributed by atoms with Crippen molar-refractivity contribution in [3.8, 4) is 0 Å². The van der Waals surface area contributed by atoms with E-state index in [2.05, 4.69) is 25.7 Å². The highest BCUT2D eigenvalue weighted by atomic mass is 79.9. The fraction of sp³-hybridized carbons (Fsp3) is 0.400. The zero-order chi connectivity index (χ0) is 13.0. The van der Waals surface area contributed by atoms with E-state index >= 15 is 0 Å². The van der Waals surface area contributed by atoms with E-state index in [4.69, 9.17) is 0 Å². The van der Waals surface area contributed by atoms with Gasteiger partial charge in [-0.2, -0.15) is 4.39 Å². The summed E-state index contributed by atoms with van der Waals surface area (Å²) in [6.45, 7) is 1.75. The SMILES string of the molecule is CCOC(=O)Cc1cc(Br)c(F)nc1C(F)F. The summed E-state index contributed by atoms with van der Waals surface area (Å²) in [6.07, 6.45) is -3.30. The normalized spacial score (nSPS) is 10.7. The molecule has 0 bridgehead atoms. The first kappa shape index (κ1) is 14.0. The summed E-state index contributed by atoms with van der Waals surface area (Å²) in [4.78, 5) is 14.3. The molecule has 0 aliphatic heterocycles. The van der Waals surface area contributed by atoms with Gasteiger partial charge in [0.1, 0.15) is 5.69 Å². The topological polar surface area (TPSA) is 39.2 Å². The summed E-state index contributed by atoms with van der Waals surface area (Å²) in [5.41, 5.74) is -0.787. The number of esters is 1. The van der Waals surface area contributed by atoms with E-state index in [-0.39, 0.29) is 23.1 Å². The second-order valence-corrected chi connectivity index (χ2v) is 3.94. The summed E-state index contributed by atoms with van der Waals surface area (Å²) in [5.74, 6) is -1.69. The minimum Gasteiger partial charge on any atom is -0.466 e. The minimum atomic E-state index is -2.94. The number of rotatable bonds is 4. The van der Waals surface area contributed by atoms with Gasteiger partial charge in [-0.25, -0.2) is 13.8 Å². The van der Waals surface area contributed by atoms with Gasteiger partial charge in [-0.3, -0.25) is 4.79 Å². The number of hydrogen-bond donors (Lipinski definition) is 0. The second-order valence-electron chi connectivity index (χ2n) is 3.09. The molecule has 0 amide bonds. The zero-order valence-corrected chi connectivity index (χ0v) is 10.4. The van der Waals surface area contributed by atoms with Crippen LogP contribution in [0.3, 0.4) is 0 Å². The molecular weight excluding hydrogens is 303 g/mol. The van der Waals surface area contributed by atoms with E-state index in [1.807, 2.05) is 0 Å². The molecule has 0 fully saturated rings. The molecule has 1 aromatic rings. The largest absolute Gasteiger partial charge is 0.466 e. The zero-order valence-electron chi connectivity index (χ0n) is 8.84. The predicted molar refractivity (Wildman–Crippen MR) is 57.2 cm³/mol. The fourth-order valence-corrected chi connectivity index (χ4v) is 1.58. The molecule has 3 nitrogen and oxygen atoms in total. The molecule has 0 aliphatic carbocycles. The molecule has 0 N–H and O–H groups in total. The molecule has 1 heterocycles. The van der Waals surface area contributed by atoms with Crippen molar-refractivity contribution >= 4 is 21.9 Å². The van der Waals surface area contributed by atoms with Crippen molar-refractivity contribution in [2.45, 2.75) is 19.8 Å². The molecule has 0 unspecified atom stereocenters. The number of pyridine rings is 1. The van der Waals surface area contributed by atoms with E-state index in [9.17, 15) is 18.0 Å². The summed E-state index contributed by atoms with van der Waals surface area (Å²) >= 11 is 2.82. The highest BCUT2D eigenvalue weighted by Gasteiger charge is 2.20. The Hall–Kier alpha value is -1.11. The quantitative estimate of drug-likeness (QED) is 0.634. The summed E-state index contributed by atoms with van der Waals surface area (Å²) in [7, 11) is 0. The Balaban J connectivity index is 3.04. The van der Waals surface area contributed by atoms with Crippen molar-refractivity contribution in [3.63, 3.8) is 0 Å². The number of hydrogen-bond acceptors (Lipinski definition) is 3. The molecule has 0 aromatic carbocycles. The van der Waals surface area contributed by atoms with Gasteiger partial charge in [0, 0.05) is 0 Å². The van der Waals surface area contributed by atoms with Gasteiger partial charge in [0.15, 0.2) is 0 Å². The lowest BCUT2D eigenvalue weighted by Crippen LogP contribution is -2.11. The van der Waals surface area contributed by atoms with Crippen LogP contribution in [0.25, 0.3) is 0 Å². The van der Waals surface area contributed by atoms with Crippen LogP contribution < -0.4 is 0 Å². The van der Waals surface area contributed by atoms with Gasteiger partial charge in [0.05, 0.1) is 17.5 Å². The maximum absolute atomic E-state index is 13.0. The molecular formula is C10H9BrF3NO2. The summed E-state index contributed by atoms with van der Waals surface area (Å²) in [6, 6.07) is 1.11. The van der Waals surface area contributed by atoms with Gasteiger partial charge < -0.3 is 4.74 Å². The maximum Gasteiger partial charge on any atom is 0.310 e. The van der Waals surface area contributed by atoms with Crippen molar-refractivity contribution in [1.82, 2.24) is 4.98 Å². The number of aromatic nitrogens is 1. The van der Waals surface area contributed by atoms with E-state index in [1.165, 1.54) is 0 Å². The van der Waals surface area contributed by atoms with Crippen LogP contribution in [0, 0.1) is 5.95 Å². The van der Waals surface area contributed by atoms with Crippen molar-refractivity contribution in [2.75, 3.05) is 6.61 Å². The van der Waals surface area contributed by atoms with Crippen molar-refractivity contribution < 1.29 is 22.7 Å². The molecule has 0 radical (unpaired) electrons. The Bertz CT molecular complexity index is 426. The Morgan fingerprint density at radius 2 is 2.24 bits per heavy atom. The molecule has 94 valence electrons. The van der Waals surface area contributed by atoms with Gasteiger partial charge in [-0.1, -0.05) is 0 Å². The first-order valence-electron chi connectivity index (χ1n) is 4.74. The van der Waals surface area contributed by atoms with Crippen LogP contribution in [0.1, 0.15) is 24.6 Å². The fourth-order valence-electron chi connectivity index (χ4n) is 1.22. The highest BCUT2D eigenvalue weighted by molar-refractivity contribution is 9.10. The van der Waals surface area contributed by atoms with Crippen LogP contribution in [-0.4, -0.2) is 17.6 Å². The third-order valence-corrected chi connectivity index (χ3v) is 2.45. The lowest BCUT2D eigenvalue weighted by atomic mass is 10.1. The van der Waals surface area contributed by atoms with E-state index in [0.717, 1.165) is 6.07 Å². The van der Waals surface area contributed by atoms with Crippen LogP contribution in [0.5, 0.6) is 0 Å². The first-order valence-corrected chi connectivity index (χ1v) is 5.53. The summed E-state index contributed by atoms with van der Waals surface area (Å²) < 4.78 is 42.7. The van der Waals surface area contributed by atoms with Gasteiger partial charge in [-0.15, -0.1) is 0 Å². The molecule has 0 aliphatic rings. The molecule has 0 saturated carbocycles.